The third kappa shape index (κ3) is 2.11. The lowest BCUT2D eigenvalue weighted by Gasteiger charge is -2.38. The lowest BCUT2D eigenvalue weighted by molar-refractivity contribution is -0.179. The van der Waals surface area contributed by atoms with Crippen LogP contribution in [0, 0.1) is 0 Å². The van der Waals surface area contributed by atoms with E-state index in [1.807, 2.05) is 44.2 Å². The molecule has 3 N–H and O–H groups in total. The van der Waals surface area contributed by atoms with Gasteiger partial charge in [-0.2, -0.15) is 0 Å². The first-order valence-electron chi connectivity index (χ1n) is 9.25. The molecule has 3 fully saturated rings. The standard InChI is InChI=1S/C21H21N3O4/c1-4-20(2,3)16-12(11-7-5-6-8-13(11)22-16)9-14-18(25)24-10-15-17(28-15)21(24,27)19(26)23-14/h4-9,15,17,22,27H,1,10H2,2-3H3,(H,23,26)/b14-9-/t15-,17-,21-/m1/s1. The summed E-state index contributed by atoms with van der Waals surface area (Å²) in [5.74, 6) is -1.04. The van der Waals surface area contributed by atoms with Gasteiger partial charge in [0.15, 0.2) is 0 Å². The van der Waals surface area contributed by atoms with Crippen LogP contribution < -0.4 is 5.32 Å². The summed E-state index contributed by atoms with van der Waals surface area (Å²) in [4.78, 5) is 30.3. The molecule has 7 nitrogen and oxygen atoms in total. The summed E-state index contributed by atoms with van der Waals surface area (Å²) in [5, 5.41) is 14.3. The number of para-hydroxylation sites is 1. The van der Waals surface area contributed by atoms with Crippen molar-refractivity contribution in [1.29, 1.82) is 0 Å². The summed E-state index contributed by atoms with van der Waals surface area (Å²) in [5.41, 5.74) is 0.490. The molecule has 0 bridgehead atoms. The Labute approximate surface area is 161 Å². The minimum atomic E-state index is -1.91. The van der Waals surface area contributed by atoms with Crippen LogP contribution >= 0.6 is 0 Å². The van der Waals surface area contributed by atoms with E-state index in [-0.39, 0.29) is 23.8 Å². The number of aromatic nitrogens is 1. The van der Waals surface area contributed by atoms with E-state index in [1.54, 1.807) is 6.08 Å². The maximum atomic E-state index is 13.0. The third-order valence-electron chi connectivity index (χ3n) is 6.00. The highest BCUT2D eigenvalue weighted by Crippen LogP contribution is 2.45. The first-order valence-corrected chi connectivity index (χ1v) is 9.25. The number of amides is 2. The SMILES string of the molecule is C=CC(C)(C)c1[nH]c2ccccc2c1/C=C1\NC(=O)[C@]2(O)[C@@H]3O[C@@H]3CN2C1=O. The summed E-state index contributed by atoms with van der Waals surface area (Å²) in [6.07, 6.45) is 2.61. The van der Waals surface area contributed by atoms with Gasteiger partial charge >= 0.3 is 0 Å². The molecule has 4 heterocycles. The molecule has 2 amide bonds. The monoisotopic (exact) mass is 379 g/mol. The number of carbonyl (C=O) groups excluding carboxylic acids is 2. The van der Waals surface area contributed by atoms with E-state index in [0.717, 1.165) is 22.2 Å². The van der Waals surface area contributed by atoms with E-state index in [9.17, 15) is 14.7 Å². The minimum Gasteiger partial charge on any atom is -0.362 e. The fourth-order valence-corrected chi connectivity index (χ4v) is 4.18. The van der Waals surface area contributed by atoms with Gasteiger partial charge < -0.3 is 20.1 Å². The van der Waals surface area contributed by atoms with Gasteiger partial charge in [-0.3, -0.25) is 14.5 Å². The molecule has 3 aliphatic rings. The molecule has 0 aliphatic carbocycles. The van der Waals surface area contributed by atoms with Gasteiger partial charge in [-0.25, -0.2) is 0 Å². The van der Waals surface area contributed by atoms with Crippen LogP contribution in [0.5, 0.6) is 0 Å². The normalized spacial score (nSPS) is 30.4. The van der Waals surface area contributed by atoms with Crippen molar-refractivity contribution >= 4 is 28.8 Å². The molecule has 144 valence electrons. The van der Waals surface area contributed by atoms with Gasteiger partial charge in [0.05, 0.1) is 6.54 Å². The molecular formula is C21H21N3O4. The van der Waals surface area contributed by atoms with Gasteiger partial charge in [0.1, 0.15) is 17.9 Å². The van der Waals surface area contributed by atoms with Crippen molar-refractivity contribution in [2.45, 2.75) is 37.2 Å². The average molecular weight is 379 g/mol. The van der Waals surface area contributed by atoms with Gasteiger partial charge in [-0.05, 0) is 12.1 Å². The second-order valence-electron chi connectivity index (χ2n) is 8.13. The molecule has 0 saturated carbocycles. The second kappa shape index (κ2) is 5.33. The molecule has 28 heavy (non-hydrogen) atoms. The predicted molar refractivity (Wildman–Crippen MR) is 103 cm³/mol. The third-order valence-corrected chi connectivity index (χ3v) is 6.00. The first kappa shape index (κ1) is 17.2. The van der Waals surface area contributed by atoms with Crippen LogP contribution in [0.3, 0.4) is 0 Å². The number of morpholine rings is 1. The van der Waals surface area contributed by atoms with E-state index < -0.39 is 23.6 Å². The first-order chi connectivity index (χ1) is 13.3. The van der Waals surface area contributed by atoms with Crippen LogP contribution in [-0.2, 0) is 19.7 Å². The number of hydrogen-bond donors (Lipinski definition) is 3. The molecule has 0 spiro atoms. The molecule has 3 aliphatic heterocycles. The van der Waals surface area contributed by atoms with Crippen molar-refractivity contribution in [3.63, 3.8) is 0 Å². The lowest BCUT2D eigenvalue weighted by atomic mass is 9.86. The Morgan fingerprint density at radius 3 is 2.86 bits per heavy atom. The molecule has 3 saturated heterocycles. The quantitative estimate of drug-likeness (QED) is 0.427. The number of allylic oxidation sites excluding steroid dienone is 1. The topological polar surface area (TPSA) is 98.0 Å². The van der Waals surface area contributed by atoms with Crippen LogP contribution in [0.15, 0.2) is 42.6 Å². The van der Waals surface area contributed by atoms with E-state index in [2.05, 4.69) is 16.9 Å². The summed E-state index contributed by atoms with van der Waals surface area (Å²) >= 11 is 0. The number of carbonyl (C=O) groups is 2. The largest absolute Gasteiger partial charge is 0.362 e. The number of nitrogens with one attached hydrogen (secondary N) is 2. The molecule has 0 radical (unpaired) electrons. The smallest absolute Gasteiger partial charge is 0.280 e. The predicted octanol–water partition coefficient (Wildman–Crippen LogP) is 1.40. The highest BCUT2D eigenvalue weighted by molar-refractivity contribution is 6.10. The second-order valence-corrected chi connectivity index (χ2v) is 8.13. The number of aliphatic hydroxyl groups is 1. The number of H-pyrrole nitrogens is 1. The van der Waals surface area contributed by atoms with E-state index in [0.29, 0.717) is 0 Å². The van der Waals surface area contributed by atoms with Crippen LogP contribution in [0.4, 0.5) is 0 Å². The van der Waals surface area contributed by atoms with Crippen LogP contribution in [0.1, 0.15) is 25.1 Å². The van der Waals surface area contributed by atoms with Crippen molar-refractivity contribution in [1.82, 2.24) is 15.2 Å². The number of nitrogens with zero attached hydrogens (tertiary/aromatic N) is 1. The average Bonchev–Trinajstić information content (AvgIpc) is 3.27. The Balaban J connectivity index is 1.65. The summed E-state index contributed by atoms with van der Waals surface area (Å²) in [7, 11) is 0. The Bertz CT molecular complexity index is 1080. The van der Waals surface area contributed by atoms with Crippen LogP contribution in [0.25, 0.3) is 17.0 Å². The number of hydrogen-bond acceptors (Lipinski definition) is 4. The minimum absolute atomic E-state index is 0.141. The van der Waals surface area contributed by atoms with Crippen molar-refractivity contribution in [2.24, 2.45) is 0 Å². The highest BCUT2D eigenvalue weighted by Gasteiger charge is 2.71. The number of benzene rings is 1. The fourth-order valence-electron chi connectivity index (χ4n) is 4.18. The van der Waals surface area contributed by atoms with E-state index >= 15 is 0 Å². The number of piperazine rings is 1. The summed E-state index contributed by atoms with van der Waals surface area (Å²) in [6.45, 7) is 8.19. The van der Waals surface area contributed by atoms with Crippen molar-refractivity contribution in [2.75, 3.05) is 6.54 Å². The van der Waals surface area contributed by atoms with E-state index in [1.165, 1.54) is 4.90 Å². The Hall–Kier alpha value is -2.90. The van der Waals surface area contributed by atoms with Crippen molar-refractivity contribution < 1.29 is 19.4 Å². The van der Waals surface area contributed by atoms with Crippen molar-refractivity contribution in [3.8, 4) is 0 Å². The van der Waals surface area contributed by atoms with Gasteiger partial charge in [-0.15, -0.1) is 6.58 Å². The molecular weight excluding hydrogens is 358 g/mol. The number of fused-ring (bicyclic) bond motifs is 4. The molecule has 5 rings (SSSR count). The molecule has 0 unspecified atom stereocenters. The van der Waals surface area contributed by atoms with Crippen LogP contribution in [0.2, 0.25) is 0 Å². The maximum Gasteiger partial charge on any atom is 0.280 e. The van der Waals surface area contributed by atoms with Gasteiger partial charge in [0, 0.05) is 27.6 Å². The highest BCUT2D eigenvalue weighted by atomic mass is 16.6. The number of ether oxygens (including phenoxy) is 1. The van der Waals surface area contributed by atoms with E-state index in [4.69, 9.17) is 4.74 Å². The lowest BCUT2D eigenvalue weighted by Crippen LogP contribution is -2.66. The van der Waals surface area contributed by atoms with Gasteiger partial charge in [-0.1, -0.05) is 38.1 Å². The zero-order valence-corrected chi connectivity index (χ0v) is 15.7. The Morgan fingerprint density at radius 2 is 2.11 bits per heavy atom. The maximum absolute atomic E-state index is 13.0. The number of rotatable bonds is 3. The number of aromatic amines is 1. The summed E-state index contributed by atoms with van der Waals surface area (Å²) < 4.78 is 5.28. The molecule has 3 atom stereocenters. The Kier molecular flexibility index (Phi) is 3.28. The zero-order valence-electron chi connectivity index (χ0n) is 15.7. The summed E-state index contributed by atoms with van der Waals surface area (Å²) in [6, 6.07) is 7.79. The van der Waals surface area contributed by atoms with Gasteiger partial charge in [0.25, 0.3) is 17.5 Å². The van der Waals surface area contributed by atoms with Gasteiger partial charge in [0.2, 0.25) is 0 Å². The zero-order chi connectivity index (χ0) is 19.8. The molecule has 2 aromatic rings. The van der Waals surface area contributed by atoms with Crippen molar-refractivity contribution in [3.05, 3.63) is 53.9 Å². The Morgan fingerprint density at radius 1 is 1.36 bits per heavy atom. The molecule has 1 aromatic heterocycles. The molecule has 7 heteroatoms. The fraction of sp³-hybridized carbons (Fsp3) is 0.333. The van der Waals surface area contributed by atoms with Crippen LogP contribution in [-0.4, -0.2) is 51.3 Å². The molecule has 1 aromatic carbocycles. The number of epoxide rings is 1.